The Labute approximate surface area is 420 Å². The van der Waals surface area contributed by atoms with E-state index >= 15 is 0 Å². The van der Waals surface area contributed by atoms with Crippen LogP contribution in [0.2, 0.25) is 0 Å². The highest BCUT2D eigenvalue weighted by atomic mass is 16.5. The lowest BCUT2D eigenvalue weighted by Gasteiger charge is -2.21. The molecule has 19 heteroatoms. The third-order valence-corrected chi connectivity index (χ3v) is 12.1. The van der Waals surface area contributed by atoms with E-state index in [2.05, 4.69) is 16.0 Å². The van der Waals surface area contributed by atoms with Crippen molar-refractivity contribution in [1.82, 2.24) is 16.0 Å². The van der Waals surface area contributed by atoms with Gasteiger partial charge < -0.3 is 63.6 Å². The topological polar surface area (TPSA) is 323 Å². The van der Waals surface area contributed by atoms with Crippen LogP contribution >= 0.6 is 0 Å². The van der Waals surface area contributed by atoms with Gasteiger partial charge in [-0.2, -0.15) is 0 Å². The molecule has 13 N–H and O–H groups in total. The first kappa shape index (κ1) is 57.2. The zero-order valence-corrected chi connectivity index (χ0v) is 41.6. The summed E-state index contributed by atoms with van der Waals surface area (Å²) in [7, 11) is 5.61. The van der Waals surface area contributed by atoms with Gasteiger partial charge in [0, 0.05) is 24.9 Å². The number of hydrogen-bond acceptors (Lipinski definition) is 15. The molecular formula is C53H70N8O11. The zero-order chi connectivity index (χ0) is 52.7. The van der Waals surface area contributed by atoms with Gasteiger partial charge in [-0.05, 0) is 149 Å². The number of unbranched alkanes of at least 4 members (excludes halogenated alkanes) is 3. The molecule has 0 aromatic heterocycles. The number of nitrogen functional groups attached to an aromatic ring is 1. The molecule has 3 atom stereocenters. The number of primary amides is 1. The smallest absolute Gasteiger partial charge is 0.255 e. The molecule has 19 nitrogen and oxygen atoms in total. The van der Waals surface area contributed by atoms with Crippen molar-refractivity contribution in [1.29, 1.82) is 0 Å². The normalized spacial score (nSPS) is 12.2. The van der Waals surface area contributed by atoms with Crippen LogP contribution in [-0.4, -0.2) is 107 Å². The number of anilines is 1. The van der Waals surface area contributed by atoms with Gasteiger partial charge in [0.25, 0.3) is 23.6 Å². The monoisotopic (exact) mass is 995 g/mol. The van der Waals surface area contributed by atoms with Gasteiger partial charge in [0.2, 0.25) is 0 Å². The van der Waals surface area contributed by atoms with E-state index in [4.69, 9.17) is 47.6 Å². The predicted molar refractivity (Wildman–Crippen MR) is 274 cm³/mol. The molecule has 0 unspecified atom stereocenters. The molecule has 4 aromatic rings. The van der Waals surface area contributed by atoms with Crippen molar-refractivity contribution < 1.29 is 52.5 Å². The number of methoxy groups -OCH3 is 4. The first-order valence-electron chi connectivity index (χ1n) is 24.0. The molecule has 72 heavy (non-hydrogen) atoms. The third kappa shape index (κ3) is 16.6. The molecule has 0 spiro atoms. The van der Waals surface area contributed by atoms with Crippen LogP contribution in [0.5, 0.6) is 23.0 Å². The maximum absolute atomic E-state index is 14.2. The maximum Gasteiger partial charge on any atom is 0.255 e. The fraction of sp³-hybridized carbons (Fsp3) is 0.415. The van der Waals surface area contributed by atoms with Gasteiger partial charge in [-0.15, -0.1) is 0 Å². The first-order valence-corrected chi connectivity index (χ1v) is 24.0. The Bertz CT molecular complexity index is 2530. The Morgan fingerprint density at radius 1 is 0.431 bits per heavy atom. The number of hydrogen-bond donors (Lipinski definition) is 8. The summed E-state index contributed by atoms with van der Waals surface area (Å²) in [6, 6.07) is 15.9. The number of carbonyl (C=O) groups excluding carboxylic acids is 7. The highest BCUT2D eigenvalue weighted by molar-refractivity contribution is 6.03. The largest absolute Gasteiger partial charge is 0.496 e. The fourth-order valence-corrected chi connectivity index (χ4v) is 8.15. The zero-order valence-electron chi connectivity index (χ0n) is 41.6. The van der Waals surface area contributed by atoms with E-state index in [1.165, 1.54) is 52.7 Å². The predicted octanol–water partition coefficient (Wildman–Crippen LogP) is 3.52. The van der Waals surface area contributed by atoms with Crippen LogP contribution in [0.4, 0.5) is 5.69 Å². The second-order valence-electron chi connectivity index (χ2n) is 17.3. The van der Waals surface area contributed by atoms with E-state index in [0.29, 0.717) is 87.0 Å². The van der Waals surface area contributed by atoms with Gasteiger partial charge in [0.1, 0.15) is 23.0 Å². The molecule has 0 aliphatic carbocycles. The summed E-state index contributed by atoms with van der Waals surface area (Å²) in [5.74, 6) is -2.57. The Hall–Kier alpha value is -7.35. The quantitative estimate of drug-likeness (QED) is 0.0256. The fourth-order valence-electron chi connectivity index (χ4n) is 8.15. The number of rotatable bonds is 32. The van der Waals surface area contributed by atoms with E-state index in [1.54, 1.807) is 48.5 Å². The number of carbonyl (C=O) groups is 7. The minimum atomic E-state index is -0.998. The lowest BCUT2D eigenvalue weighted by atomic mass is 9.95. The highest BCUT2D eigenvalue weighted by Gasteiger charge is 2.28. The molecule has 0 saturated carbocycles. The van der Waals surface area contributed by atoms with Crippen molar-refractivity contribution in [3.05, 3.63) is 112 Å². The molecule has 4 rings (SSSR count). The first-order chi connectivity index (χ1) is 34.6. The molecule has 0 aliphatic rings. The van der Waals surface area contributed by atoms with E-state index in [9.17, 15) is 33.6 Å². The van der Waals surface area contributed by atoms with Crippen molar-refractivity contribution in [2.45, 2.75) is 95.2 Å². The summed E-state index contributed by atoms with van der Waals surface area (Å²) in [6.07, 6.45) is 3.80. The molecule has 0 aliphatic heterocycles. The summed E-state index contributed by atoms with van der Waals surface area (Å²) in [6.45, 7) is 1.15. The summed E-state index contributed by atoms with van der Waals surface area (Å²) in [5.41, 5.74) is 31.0. The van der Waals surface area contributed by atoms with Crippen molar-refractivity contribution in [2.75, 3.05) is 53.8 Å². The molecule has 0 fully saturated rings. The molecule has 0 bridgehead atoms. The summed E-state index contributed by atoms with van der Waals surface area (Å²) in [5, 5.41) is 8.56. The number of ether oxygens (including phenoxy) is 4. The standard InChI is InChI=1S/C53H70N8O11/c1-69-46-18-14-32(25-36(46)50(58)65)28-43(62)40(11-5-8-22-54)59-51(66)37-26-33(15-19-47(37)70-2)29-44(63)41(12-6-9-23-55)60-52(67)38-27-34(16-20-48(38)71-3)30-45(64)42(13-7-10-24-56)61-53(68)39-31-35(57)17-21-49(39)72-4/h14-21,25-27,31,40-42H,5-13,22-24,28-30,54-57H2,1-4H3,(H2,58,65)(H,59,66)(H,60,67)(H,61,68)/t40-,41-,42-/m0/s1. The van der Waals surface area contributed by atoms with Crippen LogP contribution in [0.1, 0.15) is 116 Å². The Morgan fingerprint density at radius 3 is 1.03 bits per heavy atom. The number of Topliss-reactive ketones (excluding diaryl/α,β-unsaturated/α-hetero) is 3. The molecule has 0 heterocycles. The van der Waals surface area contributed by atoms with Gasteiger partial charge in [0.05, 0.1) is 68.8 Å². The minimum absolute atomic E-state index is 0.0744. The number of amides is 4. The SMILES string of the molecule is COc1ccc(CC(=O)[C@H](CCCCN)NC(=O)c2cc(CC(=O)[C@H](CCCCN)NC(=O)c3cc(CC(=O)[C@H](CCCCN)NC(=O)c4cc(N)ccc4OC)ccc3OC)ccc2OC)cc1C(N)=O. The minimum Gasteiger partial charge on any atom is -0.496 e. The summed E-state index contributed by atoms with van der Waals surface area (Å²) in [4.78, 5) is 95.6. The van der Waals surface area contributed by atoms with Crippen LogP contribution < -0.4 is 63.6 Å². The van der Waals surface area contributed by atoms with Crippen LogP contribution in [0.25, 0.3) is 0 Å². The number of ketones is 3. The summed E-state index contributed by atoms with van der Waals surface area (Å²) >= 11 is 0. The average Bonchev–Trinajstić information content (AvgIpc) is 3.37. The molecule has 0 saturated heterocycles. The van der Waals surface area contributed by atoms with Gasteiger partial charge in [-0.3, -0.25) is 33.6 Å². The van der Waals surface area contributed by atoms with Gasteiger partial charge in [-0.25, -0.2) is 0 Å². The van der Waals surface area contributed by atoms with Crippen LogP contribution in [0.3, 0.4) is 0 Å². The van der Waals surface area contributed by atoms with Crippen LogP contribution in [0, 0.1) is 0 Å². The van der Waals surface area contributed by atoms with Gasteiger partial charge in [0.15, 0.2) is 17.3 Å². The van der Waals surface area contributed by atoms with E-state index < -0.39 is 41.8 Å². The molecule has 4 aromatic carbocycles. The van der Waals surface area contributed by atoms with Crippen molar-refractivity contribution in [2.24, 2.45) is 22.9 Å². The van der Waals surface area contributed by atoms with E-state index in [-0.39, 0.29) is 94.7 Å². The number of nitrogens with one attached hydrogen (secondary N) is 3. The second kappa shape index (κ2) is 29.1. The molecule has 4 amide bonds. The van der Waals surface area contributed by atoms with Gasteiger partial charge in [-0.1, -0.05) is 18.2 Å². The maximum atomic E-state index is 14.2. The second-order valence-corrected chi connectivity index (χ2v) is 17.3. The number of nitrogens with two attached hydrogens (primary N) is 5. The number of benzene rings is 4. The average molecular weight is 995 g/mol. The Morgan fingerprint density at radius 2 is 0.722 bits per heavy atom. The molecule has 388 valence electrons. The molecule has 0 radical (unpaired) electrons. The van der Waals surface area contributed by atoms with Crippen LogP contribution in [-0.2, 0) is 33.6 Å². The Balaban J connectivity index is 1.55. The van der Waals surface area contributed by atoms with Gasteiger partial charge >= 0.3 is 0 Å². The lowest BCUT2D eigenvalue weighted by Crippen LogP contribution is -2.42. The summed E-state index contributed by atoms with van der Waals surface area (Å²) < 4.78 is 21.7. The van der Waals surface area contributed by atoms with E-state index in [0.717, 1.165) is 0 Å². The lowest BCUT2D eigenvalue weighted by molar-refractivity contribution is -0.121. The van der Waals surface area contributed by atoms with Crippen LogP contribution in [0.15, 0.2) is 72.8 Å². The van der Waals surface area contributed by atoms with Crippen molar-refractivity contribution in [3.63, 3.8) is 0 Å². The van der Waals surface area contributed by atoms with Crippen molar-refractivity contribution in [3.8, 4) is 23.0 Å². The highest BCUT2D eigenvalue weighted by Crippen LogP contribution is 2.26. The third-order valence-electron chi connectivity index (χ3n) is 12.1. The van der Waals surface area contributed by atoms with E-state index in [1.807, 2.05) is 0 Å². The Kier molecular flexibility index (Phi) is 23.1. The van der Waals surface area contributed by atoms with Crippen molar-refractivity contribution >= 4 is 46.7 Å². The molecular weight excluding hydrogens is 925 g/mol.